The van der Waals surface area contributed by atoms with E-state index in [1.54, 1.807) is 6.07 Å². The first kappa shape index (κ1) is 15.9. The van der Waals surface area contributed by atoms with E-state index in [4.69, 9.17) is 4.74 Å². The highest BCUT2D eigenvalue weighted by Gasteiger charge is 2.35. The zero-order valence-corrected chi connectivity index (χ0v) is 12.6. The van der Waals surface area contributed by atoms with Crippen LogP contribution < -0.4 is 0 Å². The first-order chi connectivity index (χ1) is 9.95. The zero-order valence-electron chi connectivity index (χ0n) is 11.8. The number of rotatable bonds is 6. The van der Waals surface area contributed by atoms with E-state index in [1.807, 2.05) is 0 Å². The lowest BCUT2D eigenvalue weighted by Gasteiger charge is -2.23. The molecule has 1 heterocycles. The summed E-state index contributed by atoms with van der Waals surface area (Å²) in [7, 11) is -2.06. The highest BCUT2D eigenvalue weighted by molar-refractivity contribution is 7.88. The number of methoxy groups -OCH3 is 1. The minimum atomic E-state index is -3.59. The summed E-state index contributed by atoms with van der Waals surface area (Å²) in [4.78, 5) is 10.4. The van der Waals surface area contributed by atoms with Gasteiger partial charge in [0.15, 0.2) is 0 Å². The number of hydrogen-bond acceptors (Lipinski definition) is 5. The average Bonchev–Trinajstić information content (AvgIpc) is 2.88. The molecule has 1 aliphatic heterocycles. The van der Waals surface area contributed by atoms with E-state index in [9.17, 15) is 18.5 Å². The minimum Gasteiger partial charge on any atom is -0.383 e. The Labute approximate surface area is 123 Å². The highest BCUT2D eigenvalue weighted by atomic mass is 32.2. The van der Waals surface area contributed by atoms with Gasteiger partial charge < -0.3 is 4.74 Å². The fraction of sp³-hybridized carbons (Fsp3) is 0.538. The van der Waals surface area contributed by atoms with Gasteiger partial charge in [0.25, 0.3) is 5.69 Å². The summed E-state index contributed by atoms with van der Waals surface area (Å²) < 4.78 is 31.5. The SMILES string of the molecule is COCC1CCCN1S(=O)(=O)Cc1ccccc1[N+](=O)[O-]. The lowest BCUT2D eigenvalue weighted by molar-refractivity contribution is -0.385. The smallest absolute Gasteiger partial charge is 0.273 e. The molecule has 1 atom stereocenters. The maximum Gasteiger partial charge on any atom is 0.273 e. The number of hydrogen-bond donors (Lipinski definition) is 0. The van der Waals surface area contributed by atoms with Gasteiger partial charge in [-0.05, 0) is 12.8 Å². The molecule has 116 valence electrons. The Morgan fingerprint density at radius 3 is 2.81 bits per heavy atom. The number of para-hydroxylation sites is 1. The number of nitrogens with zero attached hydrogens (tertiary/aromatic N) is 2. The van der Waals surface area contributed by atoms with Crippen LogP contribution in [0.15, 0.2) is 24.3 Å². The van der Waals surface area contributed by atoms with Gasteiger partial charge in [-0.15, -0.1) is 0 Å². The maximum atomic E-state index is 12.5. The molecule has 1 aliphatic rings. The van der Waals surface area contributed by atoms with Crippen LogP contribution in [0.4, 0.5) is 5.69 Å². The van der Waals surface area contributed by atoms with Crippen molar-refractivity contribution >= 4 is 15.7 Å². The van der Waals surface area contributed by atoms with Gasteiger partial charge in [0.05, 0.1) is 17.3 Å². The van der Waals surface area contributed by atoms with Gasteiger partial charge in [0.1, 0.15) is 0 Å². The molecule has 21 heavy (non-hydrogen) atoms. The normalized spacial score (nSPS) is 19.8. The van der Waals surface area contributed by atoms with Crippen molar-refractivity contribution < 1.29 is 18.1 Å². The summed E-state index contributed by atoms with van der Waals surface area (Å²) in [6.07, 6.45) is 1.54. The van der Waals surface area contributed by atoms with Crippen LogP contribution in [0.2, 0.25) is 0 Å². The van der Waals surface area contributed by atoms with Crippen LogP contribution in [0.25, 0.3) is 0 Å². The fourth-order valence-corrected chi connectivity index (χ4v) is 4.46. The molecule has 0 radical (unpaired) electrons. The third kappa shape index (κ3) is 3.58. The van der Waals surface area contributed by atoms with Crippen LogP contribution >= 0.6 is 0 Å². The Bertz CT molecular complexity index is 617. The van der Waals surface area contributed by atoms with E-state index in [-0.39, 0.29) is 23.0 Å². The Kier molecular flexibility index (Phi) is 4.92. The molecular formula is C13H18N2O5S. The van der Waals surface area contributed by atoms with Crippen molar-refractivity contribution in [2.45, 2.75) is 24.6 Å². The van der Waals surface area contributed by atoms with Gasteiger partial charge in [0, 0.05) is 31.3 Å². The lowest BCUT2D eigenvalue weighted by atomic mass is 10.2. The van der Waals surface area contributed by atoms with Crippen molar-refractivity contribution in [1.29, 1.82) is 0 Å². The molecule has 1 aromatic carbocycles. The first-order valence-corrected chi connectivity index (χ1v) is 8.27. The summed E-state index contributed by atoms with van der Waals surface area (Å²) >= 11 is 0. The van der Waals surface area contributed by atoms with Crippen LogP contribution in [-0.4, -0.2) is 43.9 Å². The van der Waals surface area contributed by atoms with Crippen molar-refractivity contribution in [1.82, 2.24) is 4.31 Å². The van der Waals surface area contributed by atoms with Crippen LogP contribution in [0.5, 0.6) is 0 Å². The highest BCUT2D eigenvalue weighted by Crippen LogP contribution is 2.26. The quantitative estimate of drug-likeness (QED) is 0.587. The molecule has 0 bridgehead atoms. The molecule has 1 saturated heterocycles. The Hall–Kier alpha value is -1.51. The topological polar surface area (TPSA) is 89.8 Å². The third-order valence-electron chi connectivity index (χ3n) is 3.57. The number of benzene rings is 1. The Balaban J connectivity index is 2.24. The average molecular weight is 314 g/mol. The van der Waals surface area contributed by atoms with Crippen LogP contribution in [-0.2, 0) is 20.5 Å². The summed E-state index contributed by atoms with van der Waals surface area (Å²) in [5.74, 6) is -0.357. The molecular weight excluding hydrogens is 296 g/mol. The lowest BCUT2D eigenvalue weighted by Crippen LogP contribution is -2.38. The largest absolute Gasteiger partial charge is 0.383 e. The van der Waals surface area contributed by atoms with Gasteiger partial charge in [-0.1, -0.05) is 18.2 Å². The molecule has 0 amide bonds. The fourth-order valence-electron chi connectivity index (χ4n) is 2.62. The van der Waals surface area contributed by atoms with Gasteiger partial charge in [0.2, 0.25) is 10.0 Å². The van der Waals surface area contributed by atoms with Crippen LogP contribution in [0.1, 0.15) is 18.4 Å². The van der Waals surface area contributed by atoms with E-state index in [0.717, 1.165) is 12.8 Å². The molecule has 7 nitrogen and oxygen atoms in total. The van der Waals surface area contributed by atoms with Gasteiger partial charge in [-0.3, -0.25) is 10.1 Å². The van der Waals surface area contributed by atoms with Gasteiger partial charge in [-0.25, -0.2) is 8.42 Å². The molecule has 2 rings (SSSR count). The molecule has 1 aromatic rings. The van der Waals surface area contributed by atoms with Crippen LogP contribution in [0, 0.1) is 10.1 Å². The monoisotopic (exact) mass is 314 g/mol. The van der Waals surface area contributed by atoms with Crippen molar-refractivity contribution in [3.8, 4) is 0 Å². The molecule has 0 aromatic heterocycles. The Morgan fingerprint density at radius 1 is 1.43 bits per heavy atom. The second-order valence-electron chi connectivity index (χ2n) is 5.00. The molecule has 0 N–H and O–H groups in total. The van der Waals surface area contributed by atoms with Crippen molar-refractivity contribution in [2.75, 3.05) is 20.3 Å². The van der Waals surface area contributed by atoms with Crippen molar-refractivity contribution in [3.63, 3.8) is 0 Å². The number of ether oxygens (including phenoxy) is 1. The molecule has 0 spiro atoms. The summed E-state index contributed by atoms with van der Waals surface area (Å²) in [5, 5.41) is 11.0. The maximum absolute atomic E-state index is 12.5. The number of nitro benzene ring substituents is 1. The van der Waals surface area contributed by atoms with E-state index in [0.29, 0.717) is 13.2 Å². The van der Waals surface area contributed by atoms with E-state index >= 15 is 0 Å². The van der Waals surface area contributed by atoms with Crippen molar-refractivity contribution in [2.24, 2.45) is 0 Å². The van der Waals surface area contributed by atoms with E-state index in [1.165, 1.54) is 29.6 Å². The predicted octanol–water partition coefficient (Wildman–Crippen LogP) is 1.54. The molecule has 1 fully saturated rings. The van der Waals surface area contributed by atoms with Crippen LogP contribution in [0.3, 0.4) is 0 Å². The number of sulfonamides is 1. The molecule has 8 heteroatoms. The molecule has 0 aliphatic carbocycles. The van der Waals surface area contributed by atoms with Crippen molar-refractivity contribution in [3.05, 3.63) is 39.9 Å². The molecule has 1 unspecified atom stereocenters. The summed E-state index contributed by atoms with van der Waals surface area (Å²) in [6, 6.07) is 5.76. The minimum absolute atomic E-state index is 0.163. The standard InChI is InChI=1S/C13H18N2O5S/c1-20-9-12-6-4-8-14(12)21(18,19)10-11-5-2-3-7-13(11)15(16)17/h2-3,5,7,12H,4,6,8-10H2,1H3. The number of nitro groups is 1. The second kappa shape index (κ2) is 6.50. The van der Waals surface area contributed by atoms with Gasteiger partial charge >= 0.3 is 0 Å². The summed E-state index contributed by atoms with van der Waals surface area (Å²) in [5.41, 5.74) is 0.0501. The summed E-state index contributed by atoms with van der Waals surface area (Å²) in [6.45, 7) is 0.785. The van der Waals surface area contributed by atoms with E-state index < -0.39 is 14.9 Å². The zero-order chi connectivity index (χ0) is 15.5. The molecule has 0 saturated carbocycles. The first-order valence-electron chi connectivity index (χ1n) is 6.66. The Morgan fingerprint density at radius 2 is 2.14 bits per heavy atom. The third-order valence-corrected chi connectivity index (χ3v) is 5.44. The predicted molar refractivity (Wildman–Crippen MR) is 77.3 cm³/mol. The van der Waals surface area contributed by atoms with Gasteiger partial charge in [-0.2, -0.15) is 4.31 Å². The second-order valence-corrected chi connectivity index (χ2v) is 6.93. The van der Waals surface area contributed by atoms with E-state index in [2.05, 4.69) is 0 Å².